The Kier molecular flexibility index (Phi) is 6.90. The van der Waals surface area contributed by atoms with Gasteiger partial charge in [0.25, 0.3) is 0 Å². The van der Waals surface area contributed by atoms with Crippen LogP contribution >= 0.6 is 51.1 Å². The van der Waals surface area contributed by atoms with Crippen LogP contribution in [0.15, 0.2) is 58.5 Å². The van der Waals surface area contributed by atoms with Gasteiger partial charge in [0.05, 0.1) is 33.2 Å². The topological polar surface area (TPSA) is 46.6 Å². The smallest absolute Gasteiger partial charge is 0.174 e. The van der Waals surface area contributed by atoms with E-state index in [4.69, 9.17) is 33.3 Å². The van der Waals surface area contributed by atoms with Crippen LogP contribution in [0.3, 0.4) is 0 Å². The molecule has 0 radical (unpaired) electrons. The van der Waals surface area contributed by atoms with Gasteiger partial charge in [0.1, 0.15) is 12.4 Å². The molecular formula is C21H19BrClN3O2S2. The Bertz CT molecular complexity index is 1030. The van der Waals surface area contributed by atoms with Crippen LogP contribution in [0.1, 0.15) is 22.7 Å². The number of ether oxygens (including phenoxy) is 2. The summed E-state index contributed by atoms with van der Waals surface area (Å²) < 4.78 is 11.8. The molecule has 0 saturated carbocycles. The maximum Gasteiger partial charge on any atom is 0.174 e. The van der Waals surface area contributed by atoms with Crippen molar-refractivity contribution in [1.82, 2.24) is 10.3 Å². The zero-order valence-corrected chi connectivity index (χ0v) is 20.0. The molecule has 1 saturated heterocycles. The fourth-order valence-electron chi connectivity index (χ4n) is 3.40. The first kappa shape index (κ1) is 21.5. The Balaban J connectivity index is 1.70. The molecule has 0 unspecified atom stereocenters. The molecule has 1 fully saturated rings. The lowest BCUT2D eigenvalue weighted by molar-refractivity contribution is 0.146. The lowest BCUT2D eigenvalue weighted by atomic mass is 10.0. The van der Waals surface area contributed by atoms with Gasteiger partial charge in [-0.25, -0.2) is 0 Å². The monoisotopic (exact) mass is 523 g/mol. The predicted molar refractivity (Wildman–Crippen MR) is 129 cm³/mol. The van der Waals surface area contributed by atoms with E-state index in [1.54, 1.807) is 24.6 Å². The molecule has 3 aromatic rings. The van der Waals surface area contributed by atoms with Crippen molar-refractivity contribution in [2.75, 3.05) is 25.2 Å². The second-order valence-electron chi connectivity index (χ2n) is 6.59. The van der Waals surface area contributed by atoms with Crippen molar-refractivity contribution in [2.24, 2.45) is 0 Å². The number of pyridine rings is 1. The minimum atomic E-state index is -0.0827. The molecule has 1 aliphatic heterocycles. The molecule has 1 aromatic carbocycles. The van der Waals surface area contributed by atoms with Crippen LogP contribution in [0, 0.1) is 0 Å². The van der Waals surface area contributed by atoms with Crippen molar-refractivity contribution < 1.29 is 9.47 Å². The minimum absolute atomic E-state index is 0.0555. The van der Waals surface area contributed by atoms with Gasteiger partial charge in [0, 0.05) is 23.9 Å². The molecule has 2 aromatic heterocycles. The molecule has 0 bridgehead atoms. The Hall–Kier alpha value is -1.71. The van der Waals surface area contributed by atoms with Crippen molar-refractivity contribution in [2.45, 2.75) is 12.1 Å². The van der Waals surface area contributed by atoms with Gasteiger partial charge in [-0.1, -0.05) is 17.7 Å². The van der Waals surface area contributed by atoms with Gasteiger partial charge < -0.3 is 19.7 Å². The number of anilines is 1. The molecule has 0 aliphatic carbocycles. The van der Waals surface area contributed by atoms with E-state index in [2.05, 4.69) is 43.3 Å². The molecule has 3 heterocycles. The minimum Gasteiger partial charge on any atom is -0.490 e. The Morgan fingerprint density at radius 1 is 1.23 bits per heavy atom. The van der Waals surface area contributed by atoms with Crippen LogP contribution in [0.25, 0.3) is 0 Å². The van der Waals surface area contributed by atoms with Crippen molar-refractivity contribution in [3.8, 4) is 5.75 Å². The van der Waals surface area contributed by atoms with Crippen LogP contribution in [-0.2, 0) is 4.74 Å². The van der Waals surface area contributed by atoms with Gasteiger partial charge in [-0.05, 0) is 70.6 Å². The Labute approximate surface area is 198 Å². The van der Waals surface area contributed by atoms with Crippen molar-refractivity contribution in [3.05, 3.63) is 74.1 Å². The SMILES string of the molecule is COCCOc1ccc(N2C(=S)N[C@@H](c3ccccn3)[C@H]2c2ccc(Br)s2)cc1Cl. The standard InChI is InChI=1S/C21H19BrClN3O2S2/c1-27-10-11-28-16-6-5-13(12-14(16)23)26-20(17-7-8-18(22)30-17)19(25-21(26)29)15-4-2-3-9-24-15/h2-9,12,19-20H,10-11H2,1H3,(H,25,29)/t19-,20+/m0/s1. The van der Waals surface area contributed by atoms with Gasteiger partial charge in [0.2, 0.25) is 0 Å². The molecule has 2 atom stereocenters. The molecule has 4 rings (SSSR count). The molecule has 5 nitrogen and oxygen atoms in total. The van der Waals surface area contributed by atoms with Crippen LogP contribution in [0.2, 0.25) is 5.02 Å². The molecule has 1 N–H and O–H groups in total. The number of methoxy groups -OCH3 is 1. The number of halogens is 2. The summed E-state index contributed by atoms with van der Waals surface area (Å²) in [6, 6.07) is 15.7. The van der Waals surface area contributed by atoms with E-state index in [9.17, 15) is 0 Å². The van der Waals surface area contributed by atoms with E-state index in [1.807, 2.05) is 36.4 Å². The first-order valence-electron chi connectivity index (χ1n) is 9.25. The van der Waals surface area contributed by atoms with Crippen LogP contribution < -0.4 is 15.0 Å². The number of aromatic nitrogens is 1. The number of rotatable bonds is 7. The lowest BCUT2D eigenvalue weighted by Gasteiger charge is -2.27. The second-order valence-corrected chi connectivity index (χ2v) is 9.88. The highest BCUT2D eigenvalue weighted by Crippen LogP contribution is 2.45. The van der Waals surface area contributed by atoms with Crippen molar-refractivity contribution >= 4 is 61.9 Å². The van der Waals surface area contributed by atoms with Crippen LogP contribution in [0.4, 0.5) is 5.69 Å². The first-order chi connectivity index (χ1) is 14.6. The quantitative estimate of drug-likeness (QED) is 0.313. The number of hydrogen-bond donors (Lipinski definition) is 1. The highest BCUT2D eigenvalue weighted by Gasteiger charge is 2.41. The predicted octanol–water partition coefficient (Wildman–Crippen LogP) is 5.76. The van der Waals surface area contributed by atoms with E-state index >= 15 is 0 Å². The summed E-state index contributed by atoms with van der Waals surface area (Å²) in [4.78, 5) is 7.83. The molecule has 0 spiro atoms. The van der Waals surface area contributed by atoms with E-state index in [0.29, 0.717) is 29.1 Å². The third-order valence-electron chi connectivity index (χ3n) is 4.72. The fourth-order valence-corrected chi connectivity index (χ4v) is 5.53. The number of nitrogens with one attached hydrogen (secondary N) is 1. The van der Waals surface area contributed by atoms with Gasteiger partial charge in [-0.2, -0.15) is 0 Å². The fraction of sp³-hybridized carbons (Fsp3) is 0.238. The number of thiophene rings is 1. The van der Waals surface area contributed by atoms with Gasteiger partial charge in [-0.3, -0.25) is 4.98 Å². The average Bonchev–Trinajstić information content (AvgIpc) is 3.33. The normalized spacial score (nSPS) is 18.5. The zero-order valence-electron chi connectivity index (χ0n) is 16.0. The first-order valence-corrected chi connectivity index (χ1v) is 11.6. The van der Waals surface area contributed by atoms with E-state index in [1.165, 1.54) is 4.88 Å². The maximum absolute atomic E-state index is 6.51. The van der Waals surface area contributed by atoms with Crippen LogP contribution in [-0.4, -0.2) is 30.4 Å². The summed E-state index contributed by atoms with van der Waals surface area (Å²) in [6.07, 6.45) is 1.80. The van der Waals surface area contributed by atoms with E-state index in [0.717, 1.165) is 15.2 Å². The maximum atomic E-state index is 6.51. The molecule has 1 aliphatic rings. The molecule has 9 heteroatoms. The molecular weight excluding hydrogens is 506 g/mol. The van der Waals surface area contributed by atoms with Crippen molar-refractivity contribution in [1.29, 1.82) is 0 Å². The third-order valence-corrected chi connectivity index (χ3v) is 7.03. The average molecular weight is 525 g/mol. The van der Waals surface area contributed by atoms with Crippen molar-refractivity contribution in [3.63, 3.8) is 0 Å². The summed E-state index contributed by atoms with van der Waals surface area (Å²) in [6.45, 7) is 0.937. The summed E-state index contributed by atoms with van der Waals surface area (Å²) in [5.41, 5.74) is 1.83. The number of benzene rings is 1. The van der Waals surface area contributed by atoms with Gasteiger partial charge in [-0.15, -0.1) is 11.3 Å². The van der Waals surface area contributed by atoms with Gasteiger partial charge in [0.15, 0.2) is 5.11 Å². The summed E-state index contributed by atoms with van der Waals surface area (Å²) in [7, 11) is 1.64. The summed E-state index contributed by atoms with van der Waals surface area (Å²) in [5.74, 6) is 0.618. The summed E-state index contributed by atoms with van der Waals surface area (Å²) in [5, 5.41) is 4.60. The number of hydrogen-bond acceptors (Lipinski definition) is 5. The molecule has 30 heavy (non-hydrogen) atoms. The number of nitrogens with zero attached hydrogens (tertiary/aromatic N) is 2. The van der Waals surface area contributed by atoms with E-state index < -0.39 is 0 Å². The summed E-state index contributed by atoms with van der Waals surface area (Å²) >= 11 is 17.5. The Morgan fingerprint density at radius 3 is 2.77 bits per heavy atom. The highest BCUT2D eigenvalue weighted by molar-refractivity contribution is 9.11. The molecule has 0 amide bonds. The number of thiocarbonyl (C=S) groups is 1. The van der Waals surface area contributed by atoms with Crippen LogP contribution in [0.5, 0.6) is 5.75 Å². The Morgan fingerprint density at radius 2 is 2.10 bits per heavy atom. The highest BCUT2D eigenvalue weighted by atomic mass is 79.9. The van der Waals surface area contributed by atoms with E-state index in [-0.39, 0.29) is 12.1 Å². The second kappa shape index (κ2) is 9.62. The molecule has 156 valence electrons. The third kappa shape index (κ3) is 4.48. The lowest BCUT2D eigenvalue weighted by Crippen LogP contribution is -2.29. The van der Waals surface area contributed by atoms with Gasteiger partial charge >= 0.3 is 0 Å². The zero-order chi connectivity index (χ0) is 21.1. The largest absolute Gasteiger partial charge is 0.490 e.